The van der Waals surface area contributed by atoms with E-state index in [-0.39, 0.29) is 30.0 Å². The molecule has 0 aliphatic heterocycles. The third kappa shape index (κ3) is 12.6. The second-order valence-corrected chi connectivity index (χ2v) is 13.6. The van der Waals surface area contributed by atoms with E-state index in [0.29, 0.717) is 5.56 Å². The molecule has 0 spiro atoms. The van der Waals surface area contributed by atoms with Crippen LogP contribution in [0.4, 0.5) is 11.4 Å². The van der Waals surface area contributed by atoms with Crippen molar-refractivity contribution in [3.05, 3.63) is 92.3 Å². The lowest BCUT2D eigenvalue weighted by atomic mass is 9.97. The zero-order chi connectivity index (χ0) is 41.0. The largest absolute Gasteiger partial charge is 0.478 e. The lowest BCUT2D eigenvalue weighted by Crippen LogP contribution is -2.60. The highest BCUT2D eigenvalue weighted by atomic mass is 16.4. The van der Waals surface area contributed by atoms with Crippen molar-refractivity contribution in [2.24, 2.45) is 17.6 Å². The van der Waals surface area contributed by atoms with Crippen molar-refractivity contribution in [2.75, 3.05) is 17.6 Å². The number of hydrogen-bond donors (Lipinski definition) is 11. The van der Waals surface area contributed by atoms with Crippen LogP contribution >= 0.6 is 0 Å². The molecule has 0 unspecified atom stereocenters. The highest BCUT2D eigenvalue weighted by Crippen LogP contribution is 2.15. The van der Waals surface area contributed by atoms with Gasteiger partial charge in [-0.3, -0.25) is 33.8 Å². The number of carbonyl (C=O) groups is 6. The number of aromatic amines is 2. The highest BCUT2D eigenvalue weighted by Gasteiger charge is 2.34. The number of aliphatic hydroxyl groups excluding tert-OH is 1. The summed E-state index contributed by atoms with van der Waals surface area (Å²) in [5.74, 6) is -6.10. The Balaban J connectivity index is 1.75. The Bertz CT molecular complexity index is 1980. The second-order valence-electron chi connectivity index (χ2n) is 13.6. The van der Waals surface area contributed by atoms with Gasteiger partial charge in [0.25, 0.3) is 17.4 Å². The fourth-order valence-corrected chi connectivity index (χ4v) is 5.34. The van der Waals surface area contributed by atoms with Gasteiger partial charge in [-0.2, -0.15) is 0 Å². The summed E-state index contributed by atoms with van der Waals surface area (Å²) in [6.07, 6.45) is -1.70. The molecule has 296 valence electrons. The van der Waals surface area contributed by atoms with Gasteiger partial charge in [0, 0.05) is 12.2 Å². The molecule has 1 aromatic heterocycles. The number of aliphatic hydroxyl groups is 1. The average Bonchev–Trinajstić information content (AvgIpc) is 3.13. The number of carboxylic acid groups (broad SMARTS) is 1. The maximum Gasteiger partial charge on any atom is 0.335 e. The number of anilines is 2. The normalized spacial score (nSPS) is 13.8. The van der Waals surface area contributed by atoms with Crippen molar-refractivity contribution in [2.45, 2.75) is 70.8 Å². The quantitative estimate of drug-likeness (QED) is 0.0728. The number of nitrogens with one attached hydrogen (secondary N) is 7. The number of carbonyl (C=O) groups excluding carboxylic acids is 5. The topological polar surface area (TPSA) is 321 Å². The first-order chi connectivity index (χ1) is 25.9. The van der Waals surface area contributed by atoms with Gasteiger partial charge in [-0.25, -0.2) is 9.59 Å². The molecule has 5 amide bonds. The monoisotopic (exact) mass is 765 g/mol. The van der Waals surface area contributed by atoms with Crippen LogP contribution in [0.15, 0.2) is 64.2 Å². The molecule has 2 aromatic carbocycles. The summed E-state index contributed by atoms with van der Waals surface area (Å²) in [5, 5.41) is 33.2. The van der Waals surface area contributed by atoms with Gasteiger partial charge < -0.3 is 53.2 Å². The van der Waals surface area contributed by atoms with Crippen molar-refractivity contribution in [3.8, 4) is 0 Å². The SMILES string of the molecule is CC(C)C[C@H](NC(=O)[C@@H](NC(=O)[C@@H](N)CNC(=O)c1[nH]c(=O)[nH]c(=O)c1N)C(C)C)C(=O)N[C@@H](Cc1ccccc1)[C@@H](O)C(=O)Nc1cccc(C(=O)O)c1. The number of rotatable bonds is 18. The first-order valence-corrected chi connectivity index (χ1v) is 17.3. The number of amides is 5. The standard InChI is InChI=1S/C36H47N9O10/c1-17(2)13-24(42-33(51)26(18(3)4)43-29(47)22(37)16-39-32(50)27-25(38)31(49)45-36(55)44-27)30(48)41-23(14-19-9-6-5-7-10-19)28(46)34(52)40-21-12-8-11-20(15-21)35(53)54/h5-12,15,17-18,22-24,26,28,46H,13-14,16,37-38H2,1-4H3,(H,39,50)(H,40,52)(H,41,48)(H,42,51)(H,43,47)(H,53,54)(H2,44,45,49,55)/t22-,23-,24-,26-,28+/m0/s1. The van der Waals surface area contributed by atoms with Crippen LogP contribution in [-0.4, -0.2) is 92.5 Å². The molecule has 0 aliphatic rings. The Kier molecular flexibility index (Phi) is 15.4. The van der Waals surface area contributed by atoms with E-state index in [9.17, 15) is 48.6 Å². The predicted octanol–water partition coefficient (Wildman–Crippen LogP) is -1.20. The molecule has 5 atom stereocenters. The summed E-state index contributed by atoms with van der Waals surface area (Å²) < 4.78 is 0. The number of nitrogens with two attached hydrogens (primary N) is 2. The van der Waals surface area contributed by atoms with Gasteiger partial charge in [0.2, 0.25) is 17.7 Å². The van der Waals surface area contributed by atoms with E-state index in [0.717, 1.165) is 0 Å². The summed E-state index contributed by atoms with van der Waals surface area (Å²) in [5.41, 5.74) is 9.17. The fraction of sp³-hybridized carbons (Fsp3) is 0.389. The van der Waals surface area contributed by atoms with Crippen LogP contribution in [0.2, 0.25) is 0 Å². The Morgan fingerprint density at radius 3 is 2.11 bits per heavy atom. The Morgan fingerprint density at radius 2 is 1.49 bits per heavy atom. The molecular formula is C36H47N9O10. The number of hydrogen-bond acceptors (Lipinski definition) is 11. The van der Waals surface area contributed by atoms with Gasteiger partial charge >= 0.3 is 11.7 Å². The molecular weight excluding hydrogens is 718 g/mol. The first-order valence-electron chi connectivity index (χ1n) is 17.3. The maximum absolute atomic E-state index is 13.8. The molecule has 19 heteroatoms. The Hall–Kier alpha value is -6.34. The number of nitrogen functional groups attached to an aromatic ring is 1. The van der Waals surface area contributed by atoms with Crippen molar-refractivity contribution in [1.29, 1.82) is 0 Å². The molecule has 19 nitrogen and oxygen atoms in total. The van der Waals surface area contributed by atoms with Crippen LogP contribution in [0.25, 0.3) is 0 Å². The molecule has 0 saturated carbocycles. The van der Waals surface area contributed by atoms with Gasteiger partial charge in [-0.15, -0.1) is 0 Å². The zero-order valence-corrected chi connectivity index (χ0v) is 30.7. The van der Waals surface area contributed by atoms with Gasteiger partial charge in [-0.1, -0.05) is 64.1 Å². The van der Waals surface area contributed by atoms with Crippen molar-refractivity contribution >= 4 is 46.9 Å². The molecule has 0 fully saturated rings. The zero-order valence-electron chi connectivity index (χ0n) is 30.7. The predicted molar refractivity (Wildman–Crippen MR) is 201 cm³/mol. The minimum Gasteiger partial charge on any atom is -0.478 e. The Labute approximate surface area is 315 Å². The van der Waals surface area contributed by atoms with Crippen LogP contribution in [0, 0.1) is 11.8 Å². The van der Waals surface area contributed by atoms with Gasteiger partial charge in [0.05, 0.1) is 11.6 Å². The van der Waals surface area contributed by atoms with Gasteiger partial charge in [0.15, 0.2) is 6.10 Å². The van der Waals surface area contributed by atoms with Crippen molar-refractivity contribution in [3.63, 3.8) is 0 Å². The van der Waals surface area contributed by atoms with Crippen molar-refractivity contribution in [1.82, 2.24) is 31.2 Å². The third-order valence-electron chi connectivity index (χ3n) is 8.27. The molecule has 3 aromatic rings. The van der Waals surface area contributed by atoms with Gasteiger partial charge in [0.1, 0.15) is 29.5 Å². The summed E-state index contributed by atoms with van der Waals surface area (Å²) in [6.45, 7) is 6.42. The van der Waals surface area contributed by atoms with E-state index in [1.54, 1.807) is 44.2 Å². The summed E-state index contributed by atoms with van der Waals surface area (Å²) >= 11 is 0. The average molecular weight is 766 g/mol. The smallest absolute Gasteiger partial charge is 0.335 e. The van der Waals surface area contributed by atoms with Crippen LogP contribution in [0.3, 0.4) is 0 Å². The number of benzene rings is 2. The van der Waals surface area contributed by atoms with Gasteiger partial charge in [-0.05, 0) is 48.4 Å². The summed E-state index contributed by atoms with van der Waals surface area (Å²) in [4.78, 5) is 105. The van der Waals surface area contributed by atoms with E-state index in [4.69, 9.17) is 11.5 Å². The third-order valence-corrected chi connectivity index (χ3v) is 8.27. The number of carboxylic acids is 1. The van der Waals surface area contributed by atoms with Crippen molar-refractivity contribution < 1.29 is 39.0 Å². The molecule has 13 N–H and O–H groups in total. The van der Waals surface area contributed by atoms with Crippen LogP contribution in [-0.2, 0) is 25.6 Å². The van der Waals surface area contributed by atoms with E-state index in [2.05, 4.69) is 31.6 Å². The van der Waals surface area contributed by atoms with E-state index in [1.807, 2.05) is 18.8 Å². The second kappa shape index (κ2) is 19.7. The molecule has 55 heavy (non-hydrogen) atoms. The lowest BCUT2D eigenvalue weighted by Gasteiger charge is -2.29. The maximum atomic E-state index is 13.8. The molecule has 1 heterocycles. The molecule has 0 aliphatic carbocycles. The Morgan fingerprint density at radius 1 is 0.818 bits per heavy atom. The molecule has 0 bridgehead atoms. The first kappa shape index (κ1) is 43.1. The fourth-order valence-electron chi connectivity index (χ4n) is 5.34. The van der Waals surface area contributed by atoms with E-state index < -0.39 is 101 Å². The minimum absolute atomic E-state index is 0.00121. The summed E-state index contributed by atoms with van der Waals surface area (Å²) in [7, 11) is 0. The van der Waals surface area contributed by atoms with Crippen LogP contribution in [0.5, 0.6) is 0 Å². The van der Waals surface area contributed by atoms with E-state index >= 15 is 0 Å². The molecule has 0 saturated heterocycles. The molecule has 0 radical (unpaired) electrons. The number of aromatic nitrogens is 2. The number of H-pyrrole nitrogens is 2. The summed E-state index contributed by atoms with van der Waals surface area (Å²) in [6, 6.07) is 9.11. The number of aromatic carboxylic acids is 1. The molecule has 3 rings (SSSR count). The highest BCUT2D eigenvalue weighted by molar-refractivity contribution is 5.98. The van der Waals surface area contributed by atoms with E-state index in [1.165, 1.54) is 24.3 Å². The van der Waals surface area contributed by atoms with Crippen LogP contribution < -0.4 is 49.3 Å². The van der Waals surface area contributed by atoms with Crippen LogP contribution in [0.1, 0.15) is 60.5 Å². The lowest BCUT2D eigenvalue weighted by molar-refractivity contribution is -0.134. The minimum atomic E-state index is -1.82.